The quantitative estimate of drug-likeness (QED) is 0.842. The highest BCUT2D eigenvalue weighted by Gasteiger charge is 2.44. The third-order valence-electron chi connectivity index (χ3n) is 4.86. The number of hydrogen-bond donors (Lipinski definition) is 0. The summed E-state index contributed by atoms with van der Waals surface area (Å²) >= 11 is 1.27. The van der Waals surface area contributed by atoms with Crippen LogP contribution in [0.3, 0.4) is 0 Å². The highest BCUT2D eigenvalue weighted by molar-refractivity contribution is 7.91. The molecule has 0 aliphatic carbocycles. The molecule has 2 saturated heterocycles. The SMILES string of the molecule is Cc1ncc(S(=O)(=O)N2CC(N3CCCC3)CC2C(C)C)s1. The summed E-state index contributed by atoms with van der Waals surface area (Å²) < 4.78 is 28.1. The topological polar surface area (TPSA) is 53.5 Å². The first-order valence-electron chi connectivity index (χ1n) is 8.08. The van der Waals surface area contributed by atoms with Gasteiger partial charge in [0, 0.05) is 18.6 Å². The van der Waals surface area contributed by atoms with E-state index in [0.29, 0.717) is 22.7 Å². The van der Waals surface area contributed by atoms with E-state index >= 15 is 0 Å². The molecule has 124 valence electrons. The van der Waals surface area contributed by atoms with Crippen molar-refractivity contribution < 1.29 is 8.42 Å². The average Bonchev–Trinajstić information content (AvgIpc) is 3.18. The van der Waals surface area contributed by atoms with Crippen molar-refractivity contribution in [2.45, 2.75) is 56.3 Å². The molecular formula is C15H25N3O2S2. The summed E-state index contributed by atoms with van der Waals surface area (Å²) in [6.07, 6.45) is 4.94. The van der Waals surface area contributed by atoms with Crippen LogP contribution in [0.1, 0.15) is 38.1 Å². The molecule has 3 heterocycles. The van der Waals surface area contributed by atoms with Crippen LogP contribution < -0.4 is 0 Å². The predicted molar refractivity (Wildman–Crippen MR) is 88.6 cm³/mol. The zero-order valence-electron chi connectivity index (χ0n) is 13.5. The zero-order valence-corrected chi connectivity index (χ0v) is 15.2. The van der Waals surface area contributed by atoms with Crippen molar-refractivity contribution in [1.29, 1.82) is 0 Å². The molecule has 0 spiro atoms. The lowest BCUT2D eigenvalue weighted by Crippen LogP contribution is -2.39. The van der Waals surface area contributed by atoms with Crippen LogP contribution in [0.2, 0.25) is 0 Å². The maximum atomic E-state index is 13.0. The Balaban J connectivity index is 1.86. The average molecular weight is 344 g/mol. The second-order valence-corrected chi connectivity index (χ2v) is 10.1. The van der Waals surface area contributed by atoms with E-state index < -0.39 is 10.0 Å². The Hall–Kier alpha value is -0.500. The minimum atomic E-state index is -3.41. The largest absolute Gasteiger partial charge is 0.299 e. The standard InChI is InChI=1S/C15H25N3O2S2/c1-11(2)14-8-13(17-6-4-5-7-17)10-18(14)22(19,20)15-9-16-12(3)21-15/h9,11,13-14H,4-8,10H2,1-3H3. The Bertz CT molecular complexity index is 620. The summed E-state index contributed by atoms with van der Waals surface area (Å²) in [5.74, 6) is 0.330. The highest BCUT2D eigenvalue weighted by Crippen LogP contribution is 2.34. The van der Waals surface area contributed by atoms with Gasteiger partial charge in [-0.2, -0.15) is 4.31 Å². The van der Waals surface area contributed by atoms with Crippen LogP contribution in [0.5, 0.6) is 0 Å². The van der Waals surface area contributed by atoms with E-state index in [4.69, 9.17) is 0 Å². The van der Waals surface area contributed by atoms with E-state index in [1.807, 2.05) is 6.92 Å². The molecule has 0 saturated carbocycles. The second kappa shape index (κ2) is 6.19. The van der Waals surface area contributed by atoms with Gasteiger partial charge in [0.25, 0.3) is 10.0 Å². The molecule has 5 nitrogen and oxygen atoms in total. The van der Waals surface area contributed by atoms with Gasteiger partial charge >= 0.3 is 0 Å². The zero-order chi connectivity index (χ0) is 15.9. The summed E-state index contributed by atoms with van der Waals surface area (Å²) in [4.78, 5) is 6.60. The Labute approximate surface area is 137 Å². The number of nitrogens with zero attached hydrogens (tertiary/aromatic N) is 3. The number of likely N-dealkylation sites (tertiary alicyclic amines) is 1. The molecule has 7 heteroatoms. The summed E-state index contributed by atoms with van der Waals surface area (Å²) in [7, 11) is -3.41. The van der Waals surface area contributed by atoms with Crippen molar-refractivity contribution >= 4 is 21.4 Å². The molecule has 1 aromatic heterocycles. The van der Waals surface area contributed by atoms with Crippen LogP contribution in [0.15, 0.2) is 10.4 Å². The number of aromatic nitrogens is 1. The highest BCUT2D eigenvalue weighted by atomic mass is 32.2. The summed E-state index contributed by atoms with van der Waals surface area (Å²) in [5, 5.41) is 0.801. The summed E-state index contributed by atoms with van der Waals surface area (Å²) in [5.41, 5.74) is 0. The molecule has 2 aliphatic rings. The number of aryl methyl sites for hydroxylation is 1. The molecule has 2 fully saturated rings. The normalized spacial score (nSPS) is 28.0. The van der Waals surface area contributed by atoms with Crippen LogP contribution in [0, 0.1) is 12.8 Å². The Morgan fingerprint density at radius 1 is 1.32 bits per heavy atom. The molecule has 0 bridgehead atoms. The number of hydrogen-bond acceptors (Lipinski definition) is 5. The van der Waals surface area contributed by atoms with Gasteiger partial charge in [0.15, 0.2) is 4.21 Å². The molecule has 2 atom stereocenters. The molecule has 0 radical (unpaired) electrons. The van der Waals surface area contributed by atoms with Gasteiger partial charge in [0.05, 0.1) is 11.2 Å². The van der Waals surface area contributed by atoms with Crippen LogP contribution in [0.4, 0.5) is 0 Å². The van der Waals surface area contributed by atoms with Gasteiger partial charge in [0.2, 0.25) is 0 Å². The van der Waals surface area contributed by atoms with Crippen molar-refractivity contribution in [2.75, 3.05) is 19.6 Å². The molecule has 2 unspecified atom stereocenters. The van der Waals surface area contributed by atoms with E-state index in [-0.39, 0.29) is 6.04 Å². The van der Waals surface area contributed by atoms with E-state index in [0.717, 1.165) is 24.5 Å². The number of thiazole rings is 1. The minimum Gasteiger partial charge on any atom is -0.299 e. The third kappa shape index (κ3) is 2.96. The van der Waals surface area contributed by atoms with Gasteiger partial charge in [-0.1, -0.05) is 13.8 Å². The summed E-state index contributed by atoms with van der Waals surface area (Å²) in [6.45, 7) is 8.95. The van der Waals surface area contributed by atoms with Crippen LogP contribution in [0.25, 0.3) is 0 Å². The number of sulfonamides is 1. The monoisotopic (exact) mass is 343 g/mol. The van der Waals surface area contributed by atoms with Gasteiger partial charge in [-0.15, -0.1) is 11.3 Å². The summed E-state index contributed by atoms with van der Waals surface area (Å²) in [6, 6.07) is 0.469. The van der Waals surface area contributed by atoms with Gasteiger partial charge in [-0.3, -0.25) is 4.90 Å². The maximum Gasteiger partial charge on any atom is 0.254 e. The molecule has 3 rings (SSSR count). The molecular weight excluding hydrogens is 318 g/mol. The van der Waals surface area contributed by atoms with Crippen LogP contribution >= 0.6 is 11.3 Å². The Kier molecular flexibility index (Phi) is 4.60. The molecule has 2 aliphatic heterocycles. The fourth-order valence-electron chi connectivity index (χ4n) is 3.64. The van der Waals surface area contributed by atoms with Gasteiger partial charge in [0.1, 0.15) is 0 Å². The van der Waals surface area contributed by atoms with Crippen LogP contribution in [-0.4, -0.2) is 54.3 Å². The van der Waals surface area contributed by atoms with Crippen molar-refractivity contribution in [3.63, 3.8) is 0 Å². The molecule has 22 heavy (non-hydrogen) atoms. The lowest BCUT2D eigenvalue weighted by atomic mass is 10.0. The third-order valence-corrected chi connectivity index (χ3v) is 8.10. The molecule has 0 amide bonds. The smallest absolute Gasteiger partial charge is 0.254 e. The maximum absolute atomic E-state index is 13.0. The first kappa shape index (κ1) is 16.4. The lowest BCUT2D eigenvalue weighted by molar-refractivity contribution is 0.250. The predicted octanol–water partition coefficient (Wildman–Crippen LogP) is 2.33. The molecule has 1 aromatic rings. The van der Waals surface area contributed by atoms with Crippen LogP contribution in [-0.2, 0) is 10.0 Å². The van der Waals surface area contributed by atoms with Crippen molar-refractivity contribution in [1.82, 2.24) is 14.2 Å². The number of rotatable bonds is 4. The Morgan fingerprint density at radius 2 is 2.00 bits per heavy atom. The van der Waals surface area contributed by atoms with E-state index in [2.05, 4.69) is 23.7 Å². The molecule has 0 aromatic carbocycles. The Morgan fingerprint density at radius 3 is 2.55 bits per heavy atom. The van der Waals surface area contributed by atoms with Crippen molar-refractivity contribution in [3.05, 3.63) is 11.2 Å². The van der Waals surface area contributed by atoms with Crippen molar-refractivity contribution in [3.8, 4) is 0 Å². The van der Waals surface area contributed by atoms with E-state index in [1.54, 1.807) is 4.31 Å². The fourth-order valence-corrected chi connectivity index (χ4v) is 6.69. The molecule has 0 N–H and O–H groups in total. The van der Waals surface area contributed by atoms with Gasteiger partial charge < -0.3 is 0 Å². The second-order valence-electron chi connectivity index (χ2n) is 6.72. The van der Waals surface area contributed by atoms with Gasteiger partial charge in [-0.05, 0) is 45.2 Å². The van der Waals surface area contributed by atoms with Gasteiger partial charge in [-0.25, -0.2) is 13.4 Å². The first-order chi connectivity index (χ1) is 10.4. The minimum absolute atomic E-state index is 0.0954. The fraction of sp³-hybridized carbons (Fsp3) is 0.800. The van der Waals surface area contributed by atoms with E-state index in [9.17, 15) is 8.42 Å². The lowest BCUT2D eigenvalue weighted by Gasteiger charge is -2.25. The van der Waals surface area contributed by atoms with E-state index in [1.165, 1.54) is 30.4 Å². The first-order valence-corrected chi connectivity index (χ1v) is 10.3. The van der Waals surface area contributed by atoms with Crippen molar-refractivity contribution in [2.24, 2.45) is 5.92 Å².